The highest BCUT2D eigenvalue weighted by Crippen LogP contribution is 2.20. The van der Waals surface area contributed by atoms with E-state index in [4.69, 9.17) is 0 Å². The van der Waals surface area contributed by atoms with E-state index in [0.29, 0.717) is 6.04 Å². The van der Waals surface area contributed by atoms with E-state index in [0.717, 1.165) is 23.9 Å². The molecule has 1 aliphatic carbocycles. The van der Waals surface area contributed by atoms with E-state index in [9.17, 15) is 4.79 Å². The second kappa shape index (κ2) is 4.09. The third kappa shape index (κ3) is 2.38. The van der Waals surface area contributed by atoms with Crippen molar-refractivity contribution in [3.8, 4) is 0 Å². The van der Waals surface area contributed by atoms with E-state index in [1.165, 1.54) is 5.39 Å². The Morgan fingerprint density at radius 2 is 1.82 bits per heavy atom. The van der Waals surface area contributed by atoms with E-state index in [1.54, 1.807) is 0 Å². The van der Waals surface area contributed by atoms with Gasteiger partial charge in [0, 0.05) is 11.7 Å². The first kappa shape index (κ1) is 10.1. The molecule has 3 nitrogen and oxygen atoms in total. The van der Waals surface area contributed by atoms with Crippen LogP contribution in [0.4, 0.5) is 10.5 Å². The zero-order valence-electron chi connectivity index (χ0n) is 9.44. The average Bonchev–Trinajstić information content (AvgIpc) is 3.12. The molecule has 1 aliphatic rings. The van der Waals surface area contributed by atoms with Gasteiger partial charge in [-0.2, -0.15) is 0 Å². The summed E-state index contributed by atoms with van der Waals surface area (Å²) in [5.41, 5.74) is 0.835. The van der Waals surface area contributed by atoms with Crippen LogP contribution in [0.25, 0.3) is 10.8 Å². The molecule has 0 atom stereocenters. The molecule has 0 aliphatic heterocycles. The maximum absolute atomic E-state index is 11.6. The van der Waals surface area contributed by atoms with Crippen LogP contribution in [0.3, 0.4) is 0 Å². The molecular formula is C14H14N2O. The number of amides is 2. The Bertz CT molecular complexity index is 561. The Hall–Kier alpha value is -2.03. The third-order valence-corrected chi connectivity index (χ3v) is 2.92. The molecule has 0 heterocycles. The maximum Gasteiger partial charge on any atom is 0.319 e. The summed E-state index contributed by atoms with van der Waals surface area (Å²) in [6.07, 6.45) is 2.20. The standard InChI is InChI=1S/C14H14N2O/c17-14(15-12-7-8-12)16-13-6-5-10-3-1-2-4-11(10)9-13/h1-6,9,12H,7-8H2,(H2,15,16,17). The molecule has 3 heteroatoms. The number of carbonyl (C=O) groups is 1. The lowest BCUT2D eigenvalue weighted by Gasteiger charge is -2.07. The van der Waals surface area contributed by atoms with Crippen LogP contribution in [0.1, 0.15) is 12.8 Å². The van der Waals surface area contributed by atoms with Crippen LogP contribution in [0, 0.1) is 0 Å². The molecule has 0 bridgehead atoms. The van der Waals surface area contributed by atoms with Gasteiger partial charge in [-0.25, -0.2) is 4.79 Å². The van der Waals surface area contributed by atoms with Crippen molar-refractivity contribution >= 4 is 22.5 Å². The summed E-state index contributed by atoms with van der Waals surface area (Å²) >= 11 is 0. The Morgan fingerprint density at radius 3 is 2.59 bits per heavy atom. The van der Waals surface area contributed by atoms with Crippen LogP contribution in [0.15, 0.2) is 42.5 Å². The average molecular weight is 226 g/mol. The first-order chi connectivity index (χ1) is 8.31. The zero-order valence-corrected chi connectivity index (χ0v) is 9.44. The minimum atomic E-state index is -0.109. The largest absolute Gasteiger partial charge is 0.335 e. The molecule has 0 aromatic heterocycles. The number of hydrogen-bond donors (Lipinski definition) is 2. The predicted molar refractivity (Wildman–Crippen MR) is 69.1 cm³/mol. The van der Waals surface area contributed by atoms with Gasteiger partial charge in [0.25, 0.3) is 0 Å². The Balaban J connectivity index is 1.77. The van der Waals surface area contributed by atoms with E-state index < -0.39 is 0 Å². The van der Waals surface area contributed by atoms with Gasteiger partial charge in [-0.1, -0.05) is 30.3 Å². The van der Waals surface area contributed by atoms with Crippen LogP contribution in [-0.4, -0.2) is 12.1 Å². The minimum absolute atomic E-state index is 0.109. The summed E-state index contributed by atoms with van der Waals surface area (Å²) in [4.78, 5) is 11.6. The Morgan fingerprint density at radius 1 is 1.06 bits per heavy atom. The summed E-state index contributed by atoms with van der Waals surface area (Å²) in [5.74, 6) is 0. The highest BCUT2D eigenvalue weighted by atomic mass is 16.2. The number of carbonyl (C=O) groups excluding carboxylic acids is 1. The summed E-state index contributed by atoms with van der Waals surface area (Å²) in [6.45, 7) is 0. The van der Waals surface area contributed by atoms with E-state index in [2.05, 4.69) is 16.7 Å². The molecular weight excluding hydrogens is 212 g/mol. The second-order valence-electron chi connectivity index (χ2n) is 4.43. The van der Waals surface area contributed by atoms with Gasteiger partial charge in [0.15, 0.2) is 0 Å². The molecule has 2 amide bonds. The highest BCUT2D eigenvalue weighted by Gasteiger charge is 2.23. The van der Waals surface area contributed by atoms with Crippen molar-refractivity contribution in [1.29, 1.82) is 0 Å². The van der Waals surface area contributed by atoms with Crippen LogP contribution in [0.5, 0.6) is 0 Å². The predicted octanol–water partition coefficient (Wildman–Crippen LogP) is 3.12. The molecule has 17 heavy (non-hydrogen) atoms. The number of nitrogens with one attached hydrogen (secondary N) is 2. The quantitative estimate of drug-likeness (QED) is 0.811. The number of fused-ring (bicyclic) bond motifs is 1. The van der Waals surface area contributed by atoms with Gasteiger partial charge in [0.1, 0.15) is 0 Å². The molecule has 0 radical (unpaired) electrons. The van der Waals surface area contributed by atoms with Gasteiger partial charge in [-0.15, -0.1) is 0 Å². The maximum atomic E-state index is 11.6. The molecule has 3 rings (SSSR count). The van der Waals surface area contributed by atoms with Gasteiger partial charge in [0.2, 0.25) is 0 Å². The van der Waals surface area contributed by atoms with Crippen molar-refractivity contribution < 1.29 is 4.79 Å². The molecule has 0 unspecified atom stereocenters. The number of hydrogen-bond acceptors (Lipinski definition) is 1. The van der Waals surface area contributed by atoms with E-state index in [-0.39, 0.29) is 6.03 Å². The molecule has 1 saturated carbocycles. The van der Waals surface area contributed by atoms with Crippen LogP contribution in [0.2, 0.25) is 0 Å². The Kier molecular flexibility index (Phi) is 2.44. The smallest absolute Gasteiger partial charge is 0.319 e. The first-order valence-electron chi connectivity index (χ1n) is 5.87. The Labute approximate surface area is 99.8 Å². The summed E-state index contributed by atoms with van der Waals surface area (Å²) < 4.78 is 0. The van der Waals surface area contributed by atoms with Crippen molar-refractivity contribution in [2.24, 2.45) is 0 Å². The lowest BCUT2D eigenvalue weighted by molar-refractivity contribution is 0.251. The summed E-state index contributed by atoms with van der Waals surface area (Å²) in [5, 5.41) is 8.07. The molecule has 2 N–H and O–H groups in total. The zero-order chi connectivity index (χ0) is 11.7. The monoisotopic (exact) mass is 226 g/mol. The third-order valence-electron chi connectivity index (χ3n) is 2.92. The van der Waals surface area contributed by atoms with Crippen molar-refractivity contribution in [3.05, 3.63) is 42.5 Å². The van der Waals surface area contributed by atoms with Crippen molar-refractivity contribution in [3.63, 3.8) is 0 Å². The fourth-order valence-electron chi connectivity index (χ4n) is 1.85. The number of anilines is 1. The molecule has 1 fully saturated rings. The van der Waals surface area contributed by atoms with Gasteiger partial charge in [-0.05, 0) is 35.7 Å². The number of benzene rings is 2. The van der Waals surface area contributed by atoms with Crippen LogP contribution >= 0.6 is 0 Å². The SMILES string of the molecule is O=C(Nc1ccc2ccccc2c1)NC1CC1. The topological polar surface area (TPSA) is 41.1 Å². The number of urea groups is 1. The van der Waals surface area contributed by atoms with Gasteiger partial charge in [0.05, 0.1) is 0 Å². The second-order valence-corrected chi connectivity index (χ2v) is 4.43. The highest BCUT2D eigenvalue weighted by molar-refractivity contribution is 5.93. The van der Waals surface area contributed by atoms with E-state index >= 15 is 0 Å². The normalized spacial score (nSPS) is 14.6. The summed E-state index contributed by atoms with van der Waals surface area (Å²) in [7, 11) is 0. The first-order valence-corrected chi connectivity index (χ1v) is 5.87. The molecule has 2 aromatic rings. The molecule has 0 saturated heterocycles. The van der Waals surface area contributed by atoms with Crippen LogP contribution < -0.4 is 10.6 Å². The van der Waals surface area contributed by atoms with Crippen molar-refractivity contribution in [2.75, 3.05) is 5.32 Å². The minimum Gasteiger partial charge on any atom is -0.335 e. The molecule has 86 valence electrons. The van der Waals surface area contributed by atoms with Crippen LogP contribution in [-0.2, 0) is 0 Å². The fraction of sp³-hybridized carbons (Fsp3) is 0.214. The van der Waals surface area contributed by atoms with E-state index in [1.807, 2.05) is 36.4 Å². The number of rotatable bonds is 2. The van der Waals surface area contributed by atoms with Crippen molar-refractivity contribution in [2.45, 2.75) is 18.9 Å². The lowest BCUT2D eigenvalue weighted by atomic mass is 10.1. The van der Waals surface area contributed by atoms with Crippen molar-refractivity contribution in [1.82, 2.24) is 5.32 Å². The van der Waals surface area contributed by atoms with Gasteiger partial charge < -0.3 is 10.6 Å². The van der Waals surface area contributed by atoms with Gasteiger partial charge in [-0.3, -0.25) is 0 Å². The molecule has 2 aromatic carbocycles. The fourth-order valence-corrected chi connectivity index (χ4v) is 1.85. The molecule has 0 spiro atoms. The lowest BCUT2D eigenvalue weighted by Crippen LogP contribution is -2.30. The van der Waals surface area contributed by atoms with Gasteiger partial charge >= 0.3 is 6.03 Å². The summed E-state index contributed by atoms with van der Waals surface area (Å²) in [6, 6.07) is 14.3.